The van der Waals surface area contributed by atoms with Crippen LogP contribution in [-0.4, -0.2) is 48.5 Å². The van der Waals surface area contributed by atoms with E-state index >= 15 is 0 Å². The van der Waals surface area contributed by atoms with Crippen LogP contribution in [0.5, 0.6) is 0 Å². The van der Waals surface area contributed by atoms with Crippen molar-refractivity contribution in [3.05, 3.63) is 12.4 Å². The number of nitrogen functional groups attached to an aromatic ring is 1. The van der Waals surface area contributed by atoms with E-state index in [0.717, 1.165) is 0 Å². The predicted molar refractivity (Wildman–Crippen MR) is 67.1 cm³/mol. The van der Waals surface area contributed by atoms with Crippen LogP contribution in [-0.2, 0) is 25.6 Å². The number of aromatic nitrogens is 2. The Morgan fingerprint density at radius 1 is 1.53 bits per heavy atom. The van der Waals surface area contributed by atoms with Crippen molar-refractivity contribution < 1.29 is 19.1 Å². The zero-order valence-electron chi connectivity index (χ0n) is 10.8. The zero-order valence-corrected chi connectivity index (χ0v) is 10.8. The Labute approximate surface area is 110 Å². The van der Waals surface area contributed by atoms with Crippen LogP contribution in [0.15, 0.2) is 12.4 Å². The molecule has 1 amide bonds. The number of rotatable bonds is 8. The fourth-order valence-corrected chi connectivity index (χ4v) is 1.29. The highest BCUT2D eigenvalue weighted by atomic mass is 16.5. The molecule has 0 aliphatic carbocycles. The summed E-state index contributed by atoms with van der Waals surface area (Å²) in [4.78, 5) is 22.7. The molecule has 1 rings (SSSR count). The molecule has 1 heterocycles. The second kappa shape index (κ2) is 8.09. The number of nitrogens with two attached hydrogens (primary N) is 1. The number of hydrogen-bond donors (Lipinski definition) is 2. The van der Waals surface area contributed by atoms with Gasteiger partial charge < -0.3 is 20.5 Å². The first-order valence-electron chi connectivity index (χ1n) is 5.81. The highest BCUT2D eigenvalue weighted by Gasteiger charge is 2.08. The van der Waals surface area contributed by atoms with Crippen molar-refractivity contribution in [2.45, 2.75) is 13.0 Å². The number of nitrogens with zero attached hydrogens (tertiary/aromatic N) is 2. The minimum atomic E-state index is -0.546. The van der Waals surface area contributed by atoms with Gasteiger partial charge in [-0.2, -0.15) is 5.10 Å². The number of esters is 1. The minimum Gasteiger partial charge on any atom is -0.454 e. The van der Waals surface area contributed by atoms with E-state index in [0.29, 0.717) is 25.3 Å². The smallest absolute Gasteiger partial charge is 0.328 e. The van der Waals surface area contributed by atoms with Crippen LogP contribution in [0.2, 0.25) is 0 Å². The molecular formula is C11H18N4O4. The van der Waals surface area contributed by atoms with E-state index in [1.807, 2.05) is 0 Å². The second-order valence-electron chi connectivity index (χ2n) is 3.83. The lowest BCUT2D eigenvalue weighted by Crippen LogP contribution is -2.30. The first-order valence-corrected chi connectivity index (χ1v) is 5.81. The van der Waals surface area contributed by atoms with E-state index in [-0.39, 0.29) is 19.1 Å². The molecule has 3 N–H and O–H groups in total. The van der Waals surface area contributed by atoms with E-state index in [2.05, 4.69) is 10.4 Å². The monoisotopic (exact) mass is 270 g/mol. The van der Waals surface area contributed by atoms with Crippen molar-refractivity contribution in [2.75, 3.05) is 32.6 Å². The van der Waals surface area contributed by atoms with Gasteiger partial charge in [0, 0.05) is 26.5 Å². The van der Waals surface area contributed by atoms with E-state index in [1.54, 1.807) is 7.11 Å². The number of nitrogens with one attached hydrogen (secondary N) is 1. The molecule has 0 unspecified atom stereocenters. The van der Waals surface area contributed by atoms with Crippen LogP contribution < -0.4 is 11.1 Å². The Balaban J connectivity index is 2.14. The molecule has 0 saturated heterocycles. The molecule has 0 saturated carbocycles. The molecule has 8 heteroatoms. The summed E-state index contributed by atoms with van der Waals surface area (Å²) in [6.45, 7) is 0.678. The molecule has 1 aromatic heterocycles. The van der Waals surface area contributed by atoms with Gasteiger partial charge in [-0.15, -0.1) is 0 Å². The number of carbonyl (C=O) groups is 2. The molecule has 0 aromatic carbocycles. The quantitative estimate of drug-likeness (QED) is 0.471. The van der Waals surface area contributed by atoms with Gasteiger partial charge in [0.25, 0.3) is 5.91 Å². The molecule has 0 fully saturated rings. The second-order valence-corrected chi connectivity index (χ2v) is 3.83. The van der Waals surface area contributed by atoms with E-state index in [4.69, 9.17) is 15.2 Å². The SMILES string of the molecule is COCCCNC(=O)COC(=O)Cn1cc(N)cn1. The van der Waals surface area contributed by atoms with Crippen molar-refractivity contribution in [2.24, 2.45) is 0 Å². The maximum Gasteiger partial charge on any atom is 0.328 e. The summed E-state index contributed by atoms with van der Waals surface area (Å²) < 4.78 is 11.0. The highest BCUT2D eigenvalue weighted by molar-refractivity contribution is 5.80. The lowest BCUT2D eigenvalue weighted by Gasteiger charge is -2.06. The summed E-state index contributed by atoms with van der Waals surface area (Å²) in [5, 5.41) is 6.43. The third kappa shape index (κ3) is 6.41. The third-order valence-electron chi connectivity index (χ3n) is 2.16. The standard InChI is InChI=1S/C11H18N4O4/c1-18-4-2-3-13-10(16)8-19-11(17)7-15-6-9(12)5-14-15/h5-6H,2-4,7-8,12H2,1H3,(H,13,16). The van der Waals surface area contributed by atoms with Crippen LogP contribution in [0.1, 0.15) is 6.42 Å². The summed E-state index contributed by atoms with van der Waals surface area (Å²) in [6.07, 6.45) is 3.64. The van der Waals surface area contributed by atoms with Gasteiger partial charge in [-0.25, -0.2) is 0 Å². The first kappa shape index (κ1) is 15.0. The molecule has 19 heavy (non-hydrogen) atoms. The summed E-state index contributed by atoms with van der Waals surface area (Å²) in [5.74, 6) is -0.889. The molecule has 1 aromatic rings. The Kier molecular flexibility index (Phi) is 6.37. The maximum absolute atomic E-state index is 11.4. The topological polar surface area (TPSA) is 108 Å². The molecule has 8 nitrogen and oxygen atoms in total. The number of ether oxygens (including phenoxy) is 2. The van der Waals surface area contributed by atoms with Crippen LogP contribution in [0.4, 0.5) is 5.69 Å². The van der Waals surface area contributed by atoms with Crippen molar-refractivity contribution in [3.8, 4) is 0 Å². The Hall–Kier alpha value is -2.09. The Morgan fingerprint density at radius 2 is 2.32 bits per heavy atom. The van der Waals surface area contributed by atoms with Crippen LogP contribution in [0.25, 0.3) is 0 Å². The van der Waals surface area contributed by atoms with Gasteiger partial charge in [-0.3, -0.25) is 14.3 Å². The largest absolute Gasteiger partial charge is 0.454 e. The number of methoxy groups -OCH3 is 1. The first-order chi connectivity index (χ1) is 9.11. The number of hydrogen-bond acceptors (Lipinski definition) is 6. The van der Waals surface area contributed by atoms with Gasteiger partial charge in [0.15, 0.2) is 6.61 Å². The minimum absolute atomic E-state index is 0.0752. The molecule has 0 spiro atoms. The normalized spacial score (nSPS) is 10.2. The molecule has 106 valence electrons. The van der Waals surface area contributed by atoms with E-state index < -0.39 is 5.97 Å². The highest BCUT2D eigenvalue weighted by Crippen LogP contribution is 1.97. The van der Waals surface area contributed by atoms with Crippen molar-refractivity contribution in [1.82, 2.24) is 15.1 Å². The van der Waals surface area contributed by atoms with E-state index in [1.165, 1.54) is 17.1 Å². The van der Waals surface area contributed by atoms with Crippen molar-refractivity contribution in [1.29, 1.82) is 0 Å². The number of carbonyl (C=O) groups excluding carboxylic acids is 2. The van der Waals surface area contributed by atoms with Crippen molar-refractivity contribution in [3.63, 3.8) is 0 Å². The lowest BCUT2D eigenvalue weighted by atomic mass is 10.4. The zero-order chi connectivity index (χ0) is 14.1. The molecular weight excluding hydrogens is 252 g/mol. The molecule has 0 atom stereocenters. The van der Waals surface area contributed by atoms with Gasteiger partial charge in [0.05, 0.1) is 11.9 Å². The van der Waals surface area contributed by atoms with Crippen molar-refractivity contribution >= 4 is 17.6 Å². The maximum atomic E-state index is 11.4. The summed E-state index contributed by atoms with van der Waals surface area (Å²) in [7, 11) is 1.59. The number of anilines is 1. The average Bonchev–Trinajstić information content (AvgIpc) is 2.77. The molecule has 0 bridgehead atoms. The van der Waals surface area contributed by atoms with E-state index in [9.17, 15) is 9.59 Å². The van der Waals surface area contributed by atoms with Crippen LogP contribution in [0, 0.1) is 0 Å². The number of amides is 1. The fourth-order valence-electron chi connectivity index (χ4n) is 1.29. The fraction of sp³-hybridized carbons (Fsp3) is 0.545. The molecule has 0 aliphatic rings. The summed E-state index contributed by atoms with van der Waals surface area (Å²) in [6, 6.07) is 0. The summed E-state index contributed by atoms with van der Waals surface area (Å²) in [5.41, 5.74) is 5.91. The van der Waals surface area contributed by atoms with Gasteiger partial charge >= 0.3 is 5.97 Å². The third-order valence-corrected chi connectivity index (χ3v) is 2.16. The average molecular weight is 270 g/mol. The Bertz CT molecular complexity index is 419. The lowest BCUT2D eigenvalue weighted by molar-refractivity contribution is -0.149. The predicted octanol–water partition coefficient (Wildman–Crippen LogP) is -0.839. The van der Waals surface area contributed by atoms with Crippen LogP contribution >= 0.6 is 0 Å². The van der Waals surface area contributed by atoms with Gasteiger partial charge in [-0.1, -0.05) is 0 Å². The molecule has 0 radical (unpaired) electrons. The van der Waals surface area contributed by atoms with Crippen LogP contribution in [0.3, 0.4) is 0 Å². The van der Waals surface area contributed by atoms with Gasteiger partial charge in [0.1, 0.15) is 6.54 Å². The Morgan fingerprint density at radius 3 is 2.95 bits per heavy atom. The van der Waals surface area contributed by atoms with Gasteiger partial charge in [-0.05, 0) is 6.42 Å². The molecule has 0 aliphatic heterocycles. The van der Waals surface area contributed by atoms with Gasteiger partial charge in [0.2, 0.25) is 0 Å². The summed E-state index contributed by atoms with van der Waals surface area (Å²) >= 11 is 0.